The first-order valence-electron chi connectivity index (χ1n) is 7.37. The van der Waals surface area contributed by atoms with Crippen molar-refractivity contribution in [2.75, 3.05) is 19.6 Å². The Bertz CT molecular complexity index is 489. The molecule has 0 aliphatic heterocycles. The lowest BCUT2D eigenvalue weighted by atomic mass is 10.1. The Morgan fingerprint density at radius 1 is 1.27 bits per heavy atom. The minimum atomic E-state index is -0.0733. The van der Waals surface area contributed by atoms with Crippen LogP contribution in [0.3, 0.4) is 0 Å². The third-order valence-electron chi connectivity index (χ3n) is 2.99. The summed E-state index contributed by atoms with van der Waals surface area (Å²) >= 11 is 0. The van der Waals surface area contributed by atoms with Gasteiger partial charge < -0.3 is 16.4 Å². The monoisotopic (exact) mass is 418 g/mol. The molecule has 6 heteroatoms. The molecule has 1 aromatic carbocycles. The zero-order chi connectivity index (χ0) is 15.7. The third-order valence-corrected chi connectivity index (χ3v) is 2.99. The lowest BCUT2D eigenvalue weighted by Crippen LogP contribution is -2.38. The Balaban J connectivity index is 0.00000441. The number of halogens is 1. The zero-order valence-corrected chi connectivity index (χ0v) is 15.9. The molecule has 1 rings (SSSR count). The summed E-state index contributed by atoms with van der Waals surface area (Å²) in [5, 5.41) is 5.83. The van der Waals surface area contributed by atoms with E-state index in [0.717, 1.165) is 18.5 Å². The highest BCUT2D eigenvalue weighted by molar-refractivity contribution is 14.0. The lowest BCUT2D eigenvalue weighted by Gasteiger charge is -2.08. The number of amides is 1. The van der Waals surface area contributed by atoms with Crippen LogP contribution >= 0.6 is 24.0 Å². The van der Waals surface area contributed by atoms with Gasteiger partial charge in [0.2, 0.25) is 0 Å². The van der Waals surface area contributed by atoms with E-state index in [1.807, 2.05) is 25.1 Å². The van der Waals surface area contributed by atoms with Gasteiger partial charge in [-0.05, 0) is 31.4 Å². The minimum Gasteiger partial charge on any atom is -0.370 e. The van der Waals surface area contributed by atoms with Crippen LogP contribution in [0.15, 0.2) is 29.3 Å². The minimum absolute atomic E-state index is 0. The Hall–Kier alpha value is -1.31. The largest absolute Gasteiger partial charge is 0.370 e. The molecule has 4 N–H and O–H groups in total. The zero-order valence-electron chi connectivity index (χ0n) is 13.6. The van der Waals surface area contributed by atoms with Gasteiger partial charge in [-0.15, -0.1) is 24.0 Å². The molecule has 124 valence electrons. The number of hydrogen-bond donors (Lipinski definition) is 3. The van der Waals surface area contributed by atoms with Gasteiger partial charge in [0.05, 0.1) is 0 Å². The second-order valence-corrected chi connectivity index (χ2v) is 5.50. The number of guanidine groups is 1. The second-order valence-electron chi connectivity index (χ2n) is 5.50. The van der Waals surface area contributed by atoms with Crippen LogP contribution in [0.4, 0.5) is 0 Å². The van der Waals surface area contributed by atoms with E-state index >= 15 is 0 Å². The average Bonchev–Trinajstić information content (AvgIpc) is 2.43. The van der Waals surface area contributed by atoms with Gasteiger partial charge >= 0.3 is 0 Å². The van der Waals surface area contributed by atoms with Gasteiger partial charge in [-0.2, -0.15) is 0 Å². The quantitative estimate of drug-likeness (QED) is 0.275. The molecular formula is C16H27IN4O. The van der Waals surface area contributed by atoms with Crippen molar-refractivity contribution in [3.8, 4) is 0 Å². The molecule has 1 aromatic rings. The number of nitrogens with one attached hydrogen (secondary N) is 2. The number of hydrogen-bond acceptors (Lipinski definition) is 2. The van der Waals surface area contributed by atoms with Gasteiger partial charge in [-0.3, -0.25) is 9.79 Å². The van der Waals surface area contributed by atoms with Crippen molar-refractivity contribution < 1.29 is 4.79 Å². The third kappa shape index (κ3) is 8.86. The van der Waals surface area contributed by atoms with E-state index in [4.69, 9.17) is 5.73 Å². The van der Waals surface area contributed by atoms with Crippen molar-refractivity contribution >= 4 is 35.8 Å². The molecule has 1 amide bonds. The van der Waals surface area contributed by atoms with Crippen molar-refractivity contribution in [3.05, 3.63) is 35.4 Å². The molecule has 0 saturated carbocycles. The topological polar surface area (TPSA) is 79.5 Å². The fourth-order valence-electron chi connectivity index (χ4n) is 1.75. The highest BCUT2D eigenvalue weighted by atomic mass is 127. The van der Waals surface area contributed by atoms with Crippen LogP contribution in [0.2, 0.25) is 0 Å². The molecule has 0 aromatic heterocycles. The molecule has 0 aliphatic carbocycles. The predicted molar refractivity (Wildman–Crippen MR) is 103 cm³/mol. The Labute approximate surface area is 150 Å². The second kappa shape index (κ2) is 11.3. The van der Waals surface area contributed by atoms with E-state index < -0.39 is 0 Å². The fraction of sp³-hybridized carbons (Fsp3) is 0.500. The molecule has 0 spiro atoms. The SMILES string of the molecule is Cc1cccc(C(=O)NCCNC(N)=NCCC(C)C)c1.I. The van der Waals surface area contributed by atoms with Crippen LogP contribution in [0, 0.1) is 12.8 Å². The molecule has 0 radical (unpaired) electrons. The molecule has 0 unspecified atom stereocenters. The number of benzene rings is 1. The van der Waals surface area contributed by atoms with Gasteiger partial charge in [-0.1, -0.05) is 31.5 Å². The summed E-state index contributed by atoms with van der Waals surface area (Å²) in [4.78, 5) is 16.1. The van der Waals surface area contributed by atoms with E-state index in [1.54, 1.807) is 6.07 Å². The molecule has 5 nitrogen and oxygen atoms in total. The first-order valence-corrected chi connectivity index (χ1v) is 7.37. The number of aryl methyl sites for hydroxylation is 1. The number of nitrogens with zero attached hydrogens (tertiary/aromatic N) is 1. The first-order chi connectivity index (χ1) is 9.99. The maximum absolute atomic E-state index is 11.9. The van der Waals surface area contributed by atoms with E-state index in [0.29, 0.717) is 30.5 Å². The van der Waals surface area contributed by atoms with E-state index in [-0.39, 0.29) is 29.9 Å². The Kier molecular flexibility index (Phi) is 10.6. The van der Waals surface area contributed by atoms with Gasteiger partial charge in [0, 0.05) is 25.2 Å². The molecule has 0 atom stereocenters. The maximum atomic E-state index is 11.9. The standard InChI is InChI=1S/C16H26N4O.HI/c1-12(2)7-8-19-16(17)20-10-9-18-15(21)14-6-4-5-13(3)11-14;/h4-6,11-12H,7-10H2,1-3H3,(H,18,21)(H3,17,19,20);1H. The first kappa shape index (κ1) is 20.7. The van der Waals surface area contributed by atoms with Gasteiger partial charge in [0.15, 0.2) is 5.96 Å². The van der Waals surface area contributed by atoms with Gasteiger partial charge in [0.1, 0.15) is 0 Å². The lowest BCUT2D eigenvalue weighted by molar-refractivity contribution is 0.0954. The molecule has 0 fully saturated rings. The Morgan fingerprint density at radius 2 is 1.95 bits per heavy atom. The summed E-state index contributed by atoms with van der Waals surface area (Å²) in [6, 6.07) is 7.51. The smallest absolute Gasteiger partial charge is 0.251 e. The summed E-state index contributed by atoms with van der Waals surface area (Å²) < 4.78 is 0. The van der Waals surface area contributed by atoms with E-state index in [9.17, 15) is 4.79 Å². The van der Waals surface area contributed by atoms with Crippen molar-refractivity contribution in [2.24, 2.45) is 16.6 Å². The number of aliphatic imine (C=N–C) groups is 1. The summed E-state index contributed by atoms with van der Waals surface area (Å²) in [6.45, 7) is 8.07. The molecule has 0 saturated heterocycles. The molecule has 22 heavy (non-hydrogen) atoms. The van der Waals surface area contributed by atoms with Crippen LogP contribution in [0.1, 0.15) is 36.2 Å². The van der Waals surface area contributed by atoms with Crippen molar-refractivity contribution in [2.45, 2.75) is 27.2 Å². The predicted octanol–water partition coefficient (Wildman–Crippen LogP) is 2.29. The van der Waals surface area contributed by atoms with Gasteiger partial charge in [-0.25, -0.2) is 0 Å². The highest BCUT2D eigenvalue weighted by Crippen LogP contribution is 2.03. The molecule has 0 bridgehead atoms. The number of rotatable bonds is 7. The maximum Gasteiger partial charge on any atom is 0.251 e. The van der Waals surface area contributed by atoms with E-state index in [2.05, 4.69) is 29.5 Å². The number of carbonyl (C=O) groups is 1. The summed E-state index contributed by atoms with van der Waals surface area (Å²) in [7, 11) is 0. The van der Waals surface area contributed by atoms with Crippen LogP contribution in [0.25, 0.3) is 0 Å². The molecule has 0 heterocycles. The van der Waals surface area contributed by atoms with Crippen LogP contribution in [-0.2, 0) is 0 Å². The number of nitrogens with two attached hydrogens (primary N) is 1. The van der Waals surface area contributed by atoms with Crippen molar-refractivity contribution in [1.82, 2.24) is 10.6 Å². The fourth-order valence-corrected chi connectivity index (χ4v) is 1.75. The summed E-state index contributed by atoms with van der Waals surface area (Å²) in [5.41, 5.74) is 7.48. The highest BCUT2D eigenvalue weighted by Gasteiger charge is 2.04. The average molecular weight is 418 g/mol. The van der Waals surface area contributed by atoms with Crippen LogP contribution in [0.5, 0.6) is 0 Å². The molecule has 0 aliphatic rings. The number of carbonyl (C=O) groups excluding carboxylic acids is 1. The van der Waals surface area contributed by atoms with Gasteiger partial charge in [0.25, 0.3) is 5.91 Å². The summed E-state index contributed by atoms with van der Waals surface area (Å²) in [5.74, 6) is 0.978. The normalized spacial score (nSPS) is 11.0. The van der Waals surface area contributed by atoms with Crippen molar-refractivity contribution in [3.63, 3.8) is 0 Å². The van der Waals surface area contributed by atoms with Crippen LogP contribution < -0.4 is 16.4 Å². The molecular weight excluding hydrogens is 391 g/mol. The van der Waals surface area contributed by atoms with Crippen LogP contribution in [-0.4, -0.2) is 31.5 Å². The van der Waals surface area contributed by atoms with E-state index in [1.165, 1.54) is 0 Å². The van der Waals surface area contributed by atoms with Crippen molar-refractivity contribution in [1.29, 1.82) is 0 Å². The summed E-state index contributed by atoms with van der Waals surface area (Å²) in [6.07, 6.45) is 1.02. The Morgan fingerprint density at radius 3 is 2.59 bits per heavy atom.